The van der Waals surface area contributed by atoms with Crippen LogP contribution in [0.25, 0.3) is 10.9 Å². The van der Waals surface area contributed by atoms with E-state index in [-0.39, 0.29) is 24.1 Å². The summed E-state index contributed by atoms with van der Waals surface area (Å²) in [7, 11) is 1.41. The molecule has 0 radical (unpaired) electrons. The number of guanidine groups is 1. The molecule has 43 heavy (non-hydrogen) atoms. The Hall–Kier alpha value is -3.74. The van der Waals surface area contributed by atoms with Crippen LogP contribution < -0.4 is 16.5 Å². The zero-order valence-corrected chi connectivity index (χ0v) is 24.6. The van der Waals surface area contributed by atoms with E-state index in [0.29, 0.717) is 29.5 Å². The second-order valence-corrected chi connectivity index (χ2v) is 11.7. The number of aromatic nitrogens is 1. The molecule has 0 saturated heterocycles. The molecule has 0 spiro atoms. The summed E-state index contributed by atoms with van der Waals surface area (Å²) in [6.07, 6.45) is -6.03. The van der Waals surface area contributed by atoms with Crippen LogP contribution in [0.15, 0.2) is 47.7 Å². The Kier molecular flexibility index (Phi) is 9.33. The minimum absolute atomic E-state index is 0.00620. The molecule has 1 aliphatic rings. The first kappa shape index (κ1) is 32.2. The Morgan fingerprint density at radius 2 is 1.63 bits per heavy atom. The lowest BCUT2D eigenvalue weighted by Crippen LogP contribution is -2.40. The van der Waals surface area contributed by atoms with E-state index in [4.69, 9.17) is 11.6 Å². The molecule has 2 aromatic carbocycles. The Bertz CT molecular complexity index is 1430. The van der Waals surface area contributed by atoms with Gasteiger partial charge < -0.3 is 15.5 Å². The molecule has 4 rings (SSSR count). The van der Waals surface area contributed by atoms with Crippen molar-refractivity contribution in [2.45, 2.75) is 59.1 Å². The van der Waals surface area contributed by atoms with Gasteiger partial charge in [-0.2, -0.15) is 26.3 Å². The third-order valence-electron chi connectivity index (χ3n) is 7.11. The van der Waals surface area contributed by atoms with Gasteiger partial charge in [0, 0.05) is 50.4 Å². The van der Waals surface area contributed by atoms with E-state index < -0.39 is 30.0 Å². The Morgan fingerprint density at radius 1 is 1.00 bits per heavy atom. The van der Waals surface area contributed by atoms with Crippen LogP contribution in [0.5, 0.6) is 0 Å². The number of alkyl halides is 6. The summed E-state index contributed by atoms with van der Waals surface area (Å²) in [4.78, 5) is 8.37. The molecule has 234 valence electrons. The van der Waals surface area contributed by atoms with Gasteiger partial charge in [-0.05, 0) is 67.5 Å². The van der Waals surface area contributed by atoms with Gasteiger partial charge in [0.25, 0.3) is 0 Å². The SMILES string of the molecule is Cc1ccc2ncc(CN(Cc3cc(C(F)(F)F)cc(C(F)(F)F)c3)/C(N)=N/N(C)N)c(N(CC(C)C)CC3CC3)c2c1. The summed E-state index contributed by atoms with van der Waals surface area (Å²) in [6, 6.07) is 7.44. The molecule has 0 aliphatic heterocycles. The molecule has 0 amide bonds. The Morgan fingerprint density at radius 3 is 2.16 bits per heavy atom. The van der Waals surface area contributed by atoms with E-state index in [1.54, 1.807) is 6.20 Å². The van der Waals surface area contributed by atoms with Crippen molar-refractivity contribution < 1.29 is 26.3 Å². The average molecular weight is 610 g/mol. The van der Waals surface area contributed by atoms with E-state index in [1.807, 2.05) is 25.1 Å². The van der Waals surface area contributed by atoms with Crippen LogP contribution in [0, 0.1) is 18.8 Å². The number of nitrogens with two attached hydrogens (primary N) is 2. The molecule has 4 N–H and O–H groups in total. The number of hydrogen-bond donors (Lipinski definition) is 2. The van der Waals surface area contributed by atoms with E-state index >= 15 is 0 Å². The maximum absolute atomic E-state index is 13.6. The number of rotatable bonds is 10. The molecule has 1 saturated carbocycles. The molecule has 3 aromatic rings. The van der Waals surface area contributed by atoms with E-state index in [0.717, 1.165) is 53.2 Å². The molecule has 1 heterocycles. The molecule has 1 aromatic heterocycles. The van der Waals surface area contributed by atoms with Crippen molar-refractivity contribution in [1.29, 1.82) is 0 Å². The van der Waals surface area contributed by atoms with Gasteiger partial charge in [0.05, 0.1) is 22.3 Å². The van der Waals surface area contributed by atoms with Gasteiger partial charge in [-0.25, -0.2) is 11.0 Å². The molecule has 7 nitrogen and oxygen atoms in total. The van der Waals surface area contributed by atoms with Crippen LogP contribution in [-0.2, 0) is 25.4 Å². The first-order valence-electron chi connectivity index (χ1n) is 14.0. The molecular formula is C30H37F6N7. The predicted octanol–water partition coefficient (Wildman–Crippen LogP) is 6.49. The zero-order chi connectivity index (χ0) is 31.7. The van der Waals surface area contributed by atoms with Crippen molar-refractivity contribution >= 4 is 22.5 Å². The van der Waals surface area contributed by atoms with Gasteiger partial charge in [-0.15, -0.1) is 5.10 Å². The highest BCUT2D eigenvalue weighted by Crippen LogP contribution is 2.39. The van der Waals surface area contributed by atoms with Gasteiger partial charge >= 0.3 is 12.4 Å². The second-order valence-electron chi connectivity index (χ2n) is 11.7. The first-order valence-corrected chi connectivity index (χ1v) is 14.0. The number of hydrogen-bond acceptors (Lipinski definition) is 5. The normalized spacial score (nSPS) is 14.5. The van der Waals surface area contributed by atoms with Crippen LogP contribution in [0.3, 0.4) is 0 Å². The molecule has 1 aliphatic carbocycles. The van der Waals surface area contributed by atoms with E-state index in [1.165, 1.54) is 11.9 Å². The second kappa shape index (κ2) is 12.5. The molecule has 1 fully saturated rings. The number of hydrazine groups is 1. The van der Waals surface area contributed by atoms with Crippen LogP contribution in [0.4, 0.5) is 32.0 Å². The van der Waals surface area contributed by atoms with Crippen molar-refractivity contribution in [3.05, 3.63) is 70.4 Å². The minimum atomic E-state index is -4.98. The van der Waals surface area contributed by atoms with Crippen LogP contribution in [0.2, 0.25) is 0 Å². The van der Waals surface area contributed by atoms with Crippen molar-refractivity contribution in [2.24, 2.45) is 28.5 Å². The van der Waals surface area contributed by atoms with Crippen LogP contribution in [-0.4, -0.2) is 41.1 Å². The highest BCUT2D eigenvalue weighted by atomic mass is 19.4. The number of halogens is 6. The number of hydrazone groups is 1. The average Bonchev–Trinajstić information content (AvgIpc) is 3.70. The quantitative estimate of drug-likeness (QED) is 0.0899. The number of pyridine rings is 1. The molecular weight excluding hydrogens is 572 g/mol. The first-order chi connectivity index (χ1) is 20.0. The minimum Gasteiger partial charge on any atom is -0.370 e. The fourth-order valence-electron chi connectivity index (χ4n) is 5.11. The number of aryl methyl sites for hydroxylation is 1. The standard InChI is InChI=1S/C30H37F6N7/c1-18(2)14-42(15-20-6-7-20)27-22(13-39-26-8-5-19(3)9-25(26)27)17-43(28(37)40-41(4)38)16-21-10-23(29(31,32)33)12-24(11-21)30(34,35)36/h5,8-13,18,20H,6-7,14-17,38H2,1-4H3,(H2,37,40). The van der Waals surface area contributed by atoms with Gasteiger partial charge in [0.1, 0.15) is 0 Å². The summed E-state index contributed by atoms with van der Waals surface area (Å²) in [5.41, 5.74) is 6.65. The fraction of sp³-hybridized carbons (Fsp3) is 0.467. The maximum Gasteiger partial charge on any atom is 0.416 e. The summed E-state index contributed by atoms with van der Waals surface area (Å²) >= 11 is 0. The maximum atomic E-state index is 13.6. The van der Waals surface area contributed by atoms with Crippen molar-refractivity contribution in [3.8, 4) is 0 Å². The molecule has 0 bridgehead atoms. The number of benzene rings is 2. The topological polar surface area (TPSA) is 87.0 Å². The molecule has 0 atom stereocenters. The van der Waals surface area contributed by atoms with Crippen molar-refractivity contribution in [3.63, 3.8) is 0 Å². The Labute approximate surface area is 247 Å². The van der Waals surface area contributed by atoms with E-state index in [9.17, 15) is 26.3 Å². The third-order valence-corrected chi connectivity index (χ3v) is 7.11. The van der Waals surface area contributed by atoms with Gasteiger partial charge in [-0.1, -0.05) is 25.5 Å². The lowest BCUT2D eigenvalue weighted by molar-refractivity contribution is -0.143. The smallest absolute Gasteiger partial charge is 0.370 e. The lowest BCUT2D eigenvalue weighted by atomic mass is 10.0. The fourth-order valence-corrected chi connectivity index (χ4v) is 5.11. The van der Waals surface area contributed by atoms with Gasteiger partial charge in [-0.3, -0.25) is 4.98 Å². The third kappa shape index (κ3) is 8.43. The van der Waals surface area contributed by atoms with Gasteiger partial charge in [0.15, 0.2) is 0 Å². The highest BCUT2D eigenvalue weighted by molar-refractivity contribution is 5.94. The summed E-state index contributed by atoms with van der Waals surface area (Å²) < 4.78 is 81.7. The van der Waals surface area contributed by atoms with Crippen molar-refractivity contribution in [2.75, 3.05) is 25.0 Å². The van der Waals surface area contributed by atoms with Crippen LogP contribution in [0.1, 0.15) is 54.5 Å². The number of nitrogens with zero attached hydrogens (tertiary/aromatic N) is 5. The van der Waals surface area contributed by atoms with Crippen LogP contribution >= 0.6 is 0 Å². The van der Waals surface area contributed by atoms with E-state index in [2.05, 4.69) is 28.8 Å². The van der Waals surface area contributed by atoms with Crippen molar-refractivity contribution in [1.82, 2.24) is 15.0 Å². The summed E-state index contributed by atoms with van der Waals surface area (Å²) in [5, 5.41) is 5.86. The lowest BCUT2D eigenvalue weighted by Gasteiger charge is -2.32. The highest BCUT2D eigenvalue weighted by Gasteiger charge is 2.37. The monoisotopic (exact) mass is 609 g/mol. The molecule has 13 heteroatoms. The summed E-state index contributed by atoms with van der Waals surface area (Å²) in [5.74, 6) is 6.37. The Balaban J connectivity index is 1.85. The largest absolute Gasteiger partial charge is 0.416 e. The molecule has 0 unspecified atom stereocenters. The summed E-state index contributed by atoms with van der Waals surface area (Å²) in [6.45, 7) is 7.39. The van der Waals surface area contributed by atoms with Gasteiger partial charge in [0.2, 0.25) is 5.96 Å². The number of fused-ring (bicyclic) bond motifs is 1. The number of anilines is 1. The predicted molar refractivity (Wildman–Crippen MR) is 156 cm³/mol. The zero-order valence-electron chi connectivity index (χ0n) is 24.6.